The number of fused-ring (bicyclic) bond motifs is 1. The lowest BCUT2D eigenvalue weighted by atomic mass is 10.1. The van der Waals surface area contributed by atoms with Crippen LogP contribution in [0, 0.1) is 0 Å². The lowest BCUT2D eigenvalue weighted by Crippen LogP contribution is -2.31. The Morgan fingerprint density at radius 1 is 1.47 bits per heavy atom. The van der Waals surface area contributed by atoms with Crippen molar-refractivity contribution in [3.05, 3.63) is 36.0 Å². The average Bonchev–Trinajstić information content (AvgIpc) is 2.85. The van der Waals surface area contributed by atoms with E-state index in [9.17, 15) is 9.18 Å². The van der Waals surface area contributed by atoms with Crippen LogP contribution < -0.4 is 0 Å². The first kappa shape index (κ1) is 14.1. The van der Waals surface area contributed by atoms with E-state index >= 15 is 0 Å². The molecule has 0 saturated heterocycles. The van der Waals surface area contributed by atoms with E-state index in [1.54, 1.807) is 11.0 Å². The molecule has 0 aliphatic rings. The van der Waals surface area contributed by atoms with Crippen molar-refractivity contribution in [3.8, 4) is 0 Å². The number of aromatic amines is 1. The van der Waals surface area contributed by atoms with E-state index in [2.05, 4.69) is 20.9 Å². The highest BCUT2D eigenvalue weighted by Gasteiger charge is 2.15. The van der Waals surface area contributed by atoms with Crippen molar-refractivity contribution in [2.75, 3.05) is 12.0 Å². The summed E-state index contributed by atoms with van der Waals surface area (Å²) in [6.45, 7) is 1.91. The molecule has 1 atom stereocenters. The Morgan fingerprint density at radius 2 is 2.26 bits per heavy atom. The molecule has 1 N–H and O–H groups in total. The summed E-state index contributed by atoms with van der Waals surface area (Å²) in [4.78, 5) is 17.0. The highest BCUT2D eigenvalue weighted by atomic mass is 79.9. The fourth-order valence-electron chi connectivity index (χ4n) is 1.92. The molecule has 0 radical (unpaired) electrons. The minimum atomic E-state index is -0.901. The van der Waals surface area contributed by atoms with E-state index < -0.39 is 6.17 Å². The molecular weight excluding hydrogens is 311 g/mol. The molecule has 1 unspecified atom stereocenters. The third-order valence-corrected chi connectivity index (χ3v) is 3.63. The molecule has 1 heterocycles. The number of nitrogens with zero attached hydrogens (tertiary/aromatic N) is 1. The monoisotopic (exact) mass is 326 g/mol. The zero-order valence-corrected chi connectivity index (χ0v) is 12.3. The molecule has 2 rings (SSSR count). The summed E-state index contributed by atoms with van der Waals surface area (Å²) in [5, 5.41) is 0.999. The first-order valence-electron chi connectivity index (χ1n) is 6.18. The van der Waals surface area contributed by atoms with Crippen molar-refractivity contribution in [3.63, 3.8) is 0 Å². The van der Waals surface area contributed by atoms with Crippen molar-refractivity contribution in [1.29, 1.82) is 0 Å². The van der Waals surface area contributed by atoms with Gasteiger partial charge in [-0.1, -0.05) is 15.9 Å². The lowest BCUT2D eigenvalue weighted by molar-refractivity contribution is 0.0778. The van der Waals surface area contributed by atoms with E-state index in [4.69, 9.17) is 0 Å². The number of halogens is 2. The number of nitrogens with one attached hydrogen (secondary N) is 1. The van der Waals surface area contributed by atoms with Gasteiger partial charge in [0.2, 0.25) is 0 Å². The molecule has 1 aromatic heterocycles. The molecule has 1 aromatic carbocycles. The van der Waals surface area contributed by atoms with Gasteiger partial charge in [-0.3, -0.25) is 4.79 Å². The van der Waals surface area contributed by atoms with Crippen LogP contribution in [0.1, 0.15) is 23.7 Å². The van der Waals surface area contributed by atoms with Gasteiger partial charge in [-0.2, -0.15) is 0 Å². The summed E-state index contributed by atoms with van der Waals surface area (Å²) >= 11 is 3.28. The fourth-order valence-corrected chi connectivity index (χ4v) is 2.40. The summed E-state index contributed by atoms with van der Waals surface area (Å²) in [5.74, 6) is -0.0828. The number of carbonyl (C=O) groups is 1. The van der Waals surface area contributed by atoms with Gasteiger partial charge in [0.05, 0.1) is 11.6 Å². The van der Waals surface area contributed by atoms with E-state index in [0.29, 0.717) is 24.0 Å². The van der Waals surface area contributed by atoms with Crippen molar-refractivity contribution in [1.82, 2.24) is 9.88 Å². The molecule has 2 aromatic rings. The highest BCUT2D eigenvalue weighted by molar-refractivity contribution is 9.09. The minimum Gasteiger partial charge on any atom is -0.361 e. The van der Waals surface area contributed by atoms with Gasteiger partial charge in [-0.15, -0.1) is 0 Å². The summed E-state index contributed by atoms with van der Waals surface area (Å²) in [7, 11) is 0. The maximum atomic E-state index is 12.9. The van der Waals surface area contributed by atoms with Crippen LogP contribution in [-0.4, -0.2) is 34.0 Å². The second-order valence-corrected chi connectivity index (χ2v) is 5.04. The molecule has 5 heteroatoms. The summed E-state index contributed by atoms with van der Waals surface area (Å²) < 4.78 is 12.9. The van der Waals surface area contributed by atoms with Crippen molar-refractivity contribution >= 4 is 32.7 Å². The Morgan fingerprint density at radius 3 is 2.95 bits per heavy atom. The van der Waals surface area contributed by atoms with Gasteiger partial charge in [0.15, 0.2) is 0 Å². The highest BCUT2D eigenvalue weighted by Crippen LogP contribution is 2.16. The van der Waals surface area contributed by atoms with Crippen LogP contribution in [-0.2, 0) is 0 Å². The summed E-state index contributed by atoms with van der Waals surface area (Å²) in [5.41, 5.74) is 2.03. The molecule has 0 aliphatic carbocycles. The Balaban J connectivity index is 2.16. The SMILES string of the molecule is CC(F)CCN(CBr)C(=O)c1ccc2[nH]ccc2c1. The number of rotatable bonds is 5. The molecule has 0 saturated carbocycles. The van der Waals surface area contributed by atoms with Crippen LogP contribution in [0.3, 0.4) is 0 Å². The maximum absolute atomic E-state index is 12.9. The molecule has 0 fully saturated rings. The molecule has 19 heavy (non-hydrogen) atoms. The Bertz CT molecular complexity index is 567. The van der Waals surface area contributed by atoms with Crippen LogP contribution in [0.4, 0.5) is 4.39 Å². The number of amides is 1. The lowest BCUT2D eigenvalue weighted by Gasteiger charge is -2.20. The van der Waals surface area contributed by atoms with Crippen molar-refractivity contribution < 1.29 is 9.18 Å². The predicted octanol–water partition coefficient (Wildman–Crippen LogP) is 3.71. The molecule has 0 spiro atoms. The maximum Gasteiger partial charge on any atom is 0.254 e. The van der Waals surface area contributed by atoms with Gasteiger partial charge >= 0.3 is 0 Å². The number of alkyl halides is 2. The Kier molecular flexibility index (Phi) is 4.58. The van der Waals surface area contributed by atoms with Crippen LogP contribution in [0.25, 0.3) is 10.9 Å². The van der Waals surface area contributed by atoms with E-state index in [-0.39, 0.29) is 5.91 Å². The number of aromatic nitrogens is 1. The summed E-state index contributed by atoms with van der Waals surface area (Å²) in [6.07, 6.45) is 1.29. The number of hydrogen-bond donors (Lipinski definition) is 1. The second kappa shape index (κ2) is 6.19. The molecule has 1 amide bonds. The second-order valence-electron chi connectivity index (χ2n) is 4.54. The molecular formula is C14H16BrFN2O. The largest absolute Gasteiger partial charge is 0.361 e. The fraction of sp³-hybridized carbons (Fsp3) is 0.357. The zero-order chi connectivity index (χ0) is 13.8. The minimum absolute atomic E-state index is 0.0828. The smallest absolute Gasteiger partial charge is 0.254 e. The van der Waals surface area contributed by atoms with Crippen molar-refractivity contribution in [2.45, 2.75) is 19.5 Å². The molecule has 3 nitrogen and oxygen atoms in total. The predicted molar refractivity (Wildman–Crippen MR) is 78.3 cm³/mol. The third kappa shape index (κ3) is 3.35. The Labute approximate surface area is 119 Å². The third-order valence-electron chi connectivity index (χ3n) is 3.03. The summed E-state index contributed by atoms with van der Waals surface area (Å²) in [6, 6.07) is 7.44. The quantitative estimate of drug-likeness (QED) is 0.659. The first-order valence-corrected chi connectivity index (χ1v) is 7.30. The normalized spacial score (nSPS) is 12.6. The van der Waals surface area contributed by atoms with E-state index in [0.717, 1.165) is 10.9 Å². The number of hydrogen-bond acceptors (Lipinski definition) is 1. The van der Waals surface area contributed by atoms with Gasteiger partial charge in [-0.05, 0) is 37.6 Å². The zero-order valence-electron chi connectivity index (χ0n) is 10.7. The topological polar surface area (TPSA) is 36.1 Å². The van der Waals surface area contributed by atoms with Gasteiger partial charge in [-0.25, -0.2) is 4.39 Å². The van der Waals surface area contributed by atoms with Gasteiger partial charge in [0.1, 0.15) is 0 Å². The average molecular weight is 327 g/mol. The van der Waals surface area contributed by atoms with Crippen molar-refractivity contribution in [2.24, 2.45) is 0 Å². The van der Waals surface area contributed by atoms with Crippen LogP contribution >= 0.6 is 15.9 Å². The molecule has 0 bridgehead atoms. The number of H-pyrrole nitrogens is 1. The number of carbonyl (C=O) groups excluding carboxylic acids is 1. The Hall–Kier alpha value is -1.36. The van der Waals surface area contributed by atoms with Crippen LogP contribution in [0.15, 0.2) is 30.5 Å². The first-order chi connectivity index (χ1) is 9.11. The van der Waals surface area contributed by atoms with Gasteiger partial charge < -0.3 is 9.88 Å². The van der Waals surface area contributed by atoms with E-state index in [1.807, 2.05) is 24.4 Å². The standard InChI is InChI=1S/C14H16BrFN2O/c1-10(16)5-7-18(9-15)14(19)12-2-3-13-11(8-12)4-6-17-13/h2-4,6,8,10,17H,5,7,9H2,1H3. The number of benzene rings is 1. The molecule has 0 aliphatic heterocycles. The van der Waals surface area contributed by atoms with E-state index in [1.165, 1.54) is 6.92 Å². The van der Waals surface area contributed by atoms with Crippen LogP contribution in [0.2, 0.25) is 0 Å². The van der Waals surface area contributed by atoms with Gasteiger partial charge in [0, 0.05) is 29.2 Å². The molecule has 102 valence electrons. The van der Waals surface area contributed by atoms with Gasteiger partial charge in [0.25, 0.3) is 5.91 Å². The van der Waals surface area contributed by atoms with Crippen LogP contribution in [0.5, 0.6) is 0 Å².